The lowest BCUT2D eigenvalue weighted by Crippen LogP contribution is -1.98. The van der Waals surface area contributed by atoms with Gasteiger partial charge in [-0.3, -0.25) is 4.98 Å². The van der Waals surface area contributed by atoms with E-state index in [2.05, 4.69) is 20.9 Å². The first-order valence-corrected chi connectivity index (χ1v) is 5.96. The van der Waals surface area contributed by atoms with Crippen LogP contribution < -0.4 is 0 Å². The van der Waals surface area contributed by atoms with Crippen molar-refractivity contribution in [3.8, 4) is 0 Å². The number of aromatic nitrogens is 1. The topological polar surface area (TPSA) is 12.9 Å². The summed E-state index contributed by atoms with van der Waals surface area (Å²) in [4.78, 5) is 3.95. The zero-order valence-corrected chi connectivity index (χ0v) is 10.2. The maximum Gasteiger partial charge on any atom is 0.127 e. The van der Waals surface area contributed by atoms with E-state index in [-0.39, 0.29) is 10.6 Å². The highest BCUT2D eigenvalue weighted by atomic mass is 79.9. The Kier molecular flexibility index (Phi) is 3.67. The van der Waals surface area contributed by atoms with E-state index in [1.165, 1.54) is 6.07 Å². The highest BCUT2D eigenvalue weighted by Crippen LogP contribution is 2.28. The van der Waals surface area contributed by atoms with E-state index in [1.54, 1.807) is 24.5 Å². The van der Waals surface area contributed by atoms with Gasteiger partial charge in [-0.1, -0.05) is 34.1 Å². The number of nitrogens with zero attached hydrogens (tertiary/aromatic N) is 1. The first-order chi connectivity index (χ1) is 7.77. The van der Waals surface area contributed by atoms with Gasteiger partial charge in [0.2, 0.25) is 0 Å². The minimum absolute atomic E-state index is 0.00361. The van der Waals surface area contributed by atoms with Crippen LogP contribution in [0.3, 0.4) is 0 Å². The van der Waals surface area contributed by atoms with Crippen LogP contribution in [-0.4, -0.2) is 4.98 Å². The Morgan fingerprint density at radius 1 is 1.12 bits per heavy atom. The minimum atomic E-state index is -0.168. The zero-order valence-electron chi connectivity index (χ0n) is 8.61. The summed E-state index contributed by atoms with van der Waals surface area (Å²) < 4.78 is 13.5. The Morgan fingerprint density at radius 2 is 1.81 bits per heavy atom. The quantitative estimate of drug-likeness (QED) is 0.777. The molecule has 1 atom stereocenters. The second-order valence-corrected chi connectivity index (χ2v) is 4.65. The molecule has 82 valence electrons. The molecule has 0 radical (unpaired) electrons. The molecule has 0 saturated heterocycles. The Balaban J connectivity index is 2.15. The Hall–Kier alpha value is -1.22. The van der Waals surface area contributed by atoms with E-state index in [1.807, 2.05) is 18.2 Å². The first kappa shape index (κ1) is 11.3. The molecule has 16 heavy (non-hydrogen) atoms. The van der Waals surface area contributed by atoms with Crippen LogP contribution in [0, 0.1) is 5.82 Å². The molecule has 0 bridgehead atoms. The molecule has 2 rings (SSSR count). The summed E-state index contributed by atoms with van der Waals surface area (Å²) in [6.45, 7) is 0. The van der Waals surface area contributed by atoms with Gasteiger partial charge < -0.3 is 0 Å². The van der Waals surface area contributed by atoms with Gasteiger partial charge in [0.15, 0.2) is 0 Å². The summed E-state index contributed by atoms with van der Waals surface area (Å²) in [6, 6.07) is 10.7. The van der Waals surface area contributed by atoms with Crippen molar-refractivity contribution in [3.05, 3.63) is 65.7 Å². The van der Waals surface area contributed by atoms with Gasteiger partial charge in [0, 0.05) is 22.8 Å². The fourth-order valence-corrected chi connectivity index (χ4v) is 2.31. The van der Waals surface area contributed by atoms with Crippen LogP contribution in [0.5, 0.6) is 0 Å². The molecule has 1 heterocycles. The van der Waals surface area contributed by atoms with E-state index in [9.17, 15) is 4.39 Å². The van der Waals surface area contributed by atoms with Crippen molar-refractivity contribution in [2.45, 2.75) is 11.2 Å². The van der Waals surface area contributed by atoms with E-state index in [0.29, 0.717) is 5.56 Å². The molecule has 0 aliphatic carbocycles. The summed E-state index contributed by atoms with van der Waals surface area (Å²) in [5, 5.41) is 0. The van der Waals surface area contributed by atoms with Gasteiger partial charge in [-0.2, -0.15) is 0 Å². The molecule has 0 saturated carbocycles. The van der Waals surface area contributed by atoms with Crippen molar-refractivity contribution in [2.75, 3.05) is 0 Å². The predicted molar refractivity (Wildman–Crippen MR) is 66.0 cm³/mol. The number of hydrogen-bond donors (Lipinski definition) is 0. The van der Waals surface area contributed by atoms with Crippen molar-refractivity contribution in [1.82, 2.24) is 4.98 Å². The summed E-state index contributed by atoms with van der Waals surface area (Å²) in [7, 11) is 0. The lowest BCUT2D eigenvalue weighted by molar-refractivity contribution is 0.608. The highest BCUT2D eigenvalue weighted by Gasteiger charge is 2.12. The standard InChI is InChI=1S/C13H11BrFN/c14-12(9-10-5-7-16-8-6-10)11-3-1-2-4-13(11)15/h1-8,12H,9H2. The van der Waals surface area contributed by atoms with Gasteiger partial charge in [-0.05, 0) is 30.2 Å². The third-order valence-corrected chi connectivity index (χ3v) is 3.22. The normalized spacial score (nSPS) is 12.4. The van der Waals surface area contributed by atoms with Crippen LogP contribution >= 0.6 is 15.9 Å². The molecule has 1 aromatic carbocycles. The molecule has 0 aliphatic rings. The van der Waals surface area contributed by atoms with Gasteiger partial charge in [0.25, 0.3) is 0 Å². The molecule has 3 heteroatoms. The molecule has 0 aliphatic heterocycles. The molecule has 2 aromatic rings. The number of benzene rings is 1. The lowest BCUT2D eigenvalue weighted by Gasteiger charge is -2.10. The molecule has 0 N–H and O–H groups in total. The van der Waals surface area contributed by atoms with Crippen molar-refractivity contribution in [2.24, 2.45) is 0 Å². The van der Waals surface area contributed by atoms with E-state index >= 15 is 0 Å². The summed E-state index contributed by atoms with van der Waals surface area (Å²) in [5.41, 5.74) is 1.83. The summed E-state index contributed by atoms with van der Waals surface area (Å²) >= 11 is 3.51. The molecular formula is C13H11BrFN. The average Bonchev–Trinajstić information content (AvgIpc) is 2.31. The van der Waals surface area contributed by atoms with Gasteiger partial charge in [0.05, 0.1) is 0 Å². The van der Waals surface area contributed by atoms with Gasteiger partial charge >= 0.3 is 0 Å². The highest BCUT2D eigenvalue weighted by molar-refractivity contribution is 9.09. The first-order valence-electron chi connectivity index (χ1n) is 5.05. The number of pyridine rings is 1. The van der Waals surface area contributed by atoms with Gasteiger partial charge in [-0.15, -0.1) is 0 Å². The van der Waals surface area contributed by atoms with E-state index in [0.717, 1.165) is 12.0 Å². The van der Waals surface area contributed by atoms with E-state index < -0.39 is 0 Å². The monoisotopic (exact) mass is 279 g/mol. The Labute approximate surface area is 102 Å². The van der Waals surface area contributed by atoms with Crippen LogP contribution in [0.1, 0.15) is 16.0 Å². The maximum atomic E-state index is 13.5. The third kappa shape index (κ3) is 2.67. The van der Waals surface area contributed by atoms with Crippen molar-refractivity contribution in [1.29, 1.82) is 0 Å². The molecular weight excluding hydrogens is 269 g/mol. The van der Waals surface area contributed by atoms with Crippen LogP contribution in [0.15, 0.2) is 48.8 Å². The van der Waals surface area contributed by atoms with Gasteiger partial charge in [0.1, 0.15) is 5.82 Å². The second-order valence-electron chi connectivity index (χ2n) is 3.55. The molecule has 0 amide bonds. The number of halogens is 2. The molecule has 0 spiro atoms. The fourth-order valence-electron chi connectivity index (χ4n) is 1.56. The predicted octanol–water partition coefficient (Wildman–Crippen LogP) is 3.90. The van der Waals surface area contributed by atoms with Crippen molar-refractivity contribution < 1.29 is 4.39 Å². The van der Waals surface area contributed by atoms with Crippen molar-refractivity contribution in [3.63, 3.8) is 0 Å². The largest absolute Gasteiger partial charge is 0.265 e. The SMILES string of the molecule is Fc1ccccc1C(Br)Cc1ccncc1. The van der Waals surface area contributed by atoms with Crippen LogP contribution in [-0.2, 0) is 6.42 Å². The Bertz CT molecular complexity index is 458. The molecule has 1 nitrogen and oxygen atoms in total. The van der Waals surface area contributed by atoms with Crippen LogP contribution in [0.4, 0.5) is 4.39 Å². The smallest absolute Gasteiger partial charge is 0.127 e. The third-order valence-electron chi connectivity index (χ3n) is 2.41. The fraction of sp³-hybridized carbons (Fsp3) is 0.154. The molecule has 1 unspecified atom stereocenters. The van der Waals surface area contributed by atoms with Crippen LogP contribution in [0.25, 0.3) is 0 Å². The average molecular weight is 280 g/mol. The van der Waals surface area contributed by atoms with E-state index in [4.69, 9.17) is 0 Å². The zero-order chi connectivity index (χ0) is 11.4. The molecule has 0 fully saturated rings. The van der Waals surface area contributed by atoms with Crippen molar-refractivity contribution >= 4 is 15.9 Å². The van der Waals surface area contributed by atoms with Crippen LogP contribution in [0.2, 0.25) is 0 Å². The molecule has 1 aromatic heterocycles. The number of hydrogen-bond acceptors (Lipinski definition) is 1. The summed E-state index contributed by atoms with van der Waals surface area (Å²) in [5.74, 6) is -0.168. The van der Waals surface area contributed by atoms with Gasteiger partial charge in [-0.25, -0.2) is 4.39 Å². The Morgan fingerprint density at radius 3 is 2.50 bits per heavy atom. The second kappa shape index (κ2) is 5.21. The number of rotatable bonds is 3. The summed E-state index contributed by atoms with van der Waals surface area (Å²) in [6.07, 6.45) is 4.25. The number of alkyl halides is 1. The lowest BCUT2D eigenvalue weighted by atomic mass is 10.0. The maximum absolute atomic E-state index is 13.5. The minimum Gasteiger partial charge on any atom is -0.265 e.